The van der Waals surface area contributed by atoms with Gasteiger partial charge in [0.1, 0.15) is 11.9 Å². The van der Waals surface area contributed by atoms with Crippen LogP contribution in [0.3, 0.4) is 0 Å². The van der Waals surface area contributed by atoms with Gasteiger partial charge in [-0.1, -0.05) is 30.7 Å². The fourth-order valence-electron chi connectivity index (χ4n) is 3.48. The molecule has 0 radical (unpaired) electrons. The highest BCUT2D eigenvalue weighted by Crippen LogP contribution is 2.19. The van der Waals surface area contributed by atoms with Crippen molar-refractivity contribution in [3.63, 3.8) is 0 Å². The third-order valence-electron chi connectivity index (χ3n) is 5.31. The minimum Gasteiger partial charge on any atom is -0.478 e. The Labute approximate surface area is 198 Å². The van der Waals surface area contributed by atoms with Crippen molar-refractivity contribution in [3.05, 3.63) is 54.7 Å². The van der Waals surface area contributed by atoms with Crippen LogP contribution < -0.4 is 20.8 Å². The van der Waals surface area contributed by atoms with E-state index in [2.05, 4.69) is 25.8 Å². The Morgan fingerprint density at radius 3 is 2.53 bits per heavy atom. The summed E-state index contributed by atoms with van der Waals surface area (Å²) < 4.78 is 28.2. The number of aromatic nitrogens is 1. The molecular formula is C22H29N5O6S. The van der Waals surface area contributed by atoms with E-state index in [4.69, 9.17) is 4.84 Å². The summed E-state index contributed by atoms with van der Waals surface area (Å²) in [7, 11) is -4.23. The first-order valence-electron chi connectivity index (χ1n) is 11.0. The molecule has 0 saturated carbocycles. The maximum atomic E-state index is 13.0. The van der Waals surface area contributed by atoms with E-state index in [0.717, 1.165) is 5.82 Å². The Kier molecular flexibility index (Phi) is 8.93. The first-order valence-corrected chi connectivity index (χ1v) is 12.5. The van der Waals surface area contributed by atoms with Crippen molar-refractivity contribution in [2.24, 2.45) is 0 Å². The number of hydrogen-bond donors (Lipinski definition) is 5. The van der Waals surface area contributed by atoms with Crippen LogP contribution in [0.4, 0.5) is 5.82 Å². The number of rotatable bonds is 13. The molecule has 2 atom stereocenters. The van der Waals surface area contributed by atoms with Gasteiger partial charge in [-0.15, -0.1) is 0 Å². The zero-order chi connectivity index (χ0) is 24.4. The van der Waals surface area contributed by atoms with Crippen molar-refractivity contribution < 1.29 is 28.0 Å². The molecule has 1 aliphatic rings. The first-order chi connectivity index (χ1) is 16.3. The molecule has 1 aliphatic heterocycles. The van der Waals surface area contributed by atoms with Crippen LogP contribution in [0.5, 0.6) is 0 Å². The smallest absolute Gasteiger partial charge is 0.345 e. The van der Waals surface area contributed by atoms with Gasteiger partial charge in [0.15, 0.2) is 0 Å². The van der Waals surface area contributed by atoms with Crippen LogP contribution in [0.1, 0.15) is 32.1 Å². The predicted molar refractivity (Wildman–Crippen MR) is 124 cm³/mol. The van der Waals surface area contributed by atoms with Gasteiger partial charge in [-0.2, -0.15) is 10.2 Å². The van der Waals surface area contributed by atoms with E-state index in [1.54, 1.807) is 12.3 Å². The van der Waals surface area contributed by atoms with Gasteiger partial charge in [0.05, 0.1) is 11.5 Å². The minimum absolute atomic E-state index is 0.100. The van der Waals surface area contributed by atoms with Gasteiger partial charge in [0.2, 0.25) is 21.6 Å². The molecular weight excluding hydrogens is 462 g/mol. The fraction of sp³-hybridized carbons (Fsp3) is 0.409. The summed E-state index contributed by atoms with van der Waals surface area (Å²) in [5.74, 6) is -1.42. The third kappa shape index (κ3) is 6.97. The van der Waals surface area contributed by atoms with E-state index < -0.39 is 33.6 Å². The summed E-state index contributed by atoms with van der Waals surface area (Å²) in [4.78, 5) is 34.1. The molecule has 1 aromatic carbocycles. The summed E-state index contributed by atoms with van der Waals surface area (Å²) >= 11 is 0. The Morgan fingerprint density at radius 1 is 1.12 bits per heavy atom. The molecule has 2 heterocycles. The number of sulfonamides is 1. The normalized spacial score (nSPS) is 17.6. The van der Waals surface area contributed by atoms with Gasteiger partial charge in [-0.05, 0) is 49.9 Å². The van der Waals surface area contributed by atoms with Crippen LogP contribution in [0, 0.1) is 0 Å². The number of amides is 1. The molecule has 11 nitrogen and oxygen atoms in total. The number of carbonyl (C=O) groups excluding carboxylic acids is 1. The van der Waals surface area contributed by atoms with E-state index in [1.807, 2.05) is 18.2 Å². The average Bonchev–Trinajstić information content (AvgIpc) is 3.37. The van der Waals surface area contributed by atoms with Crippen molar-refractivity contribution in [2.75, 3.05) is 18.5 Å². The average molecular weight is 492 g/mol. The van der Waals surface area contributed by atoms with Gasteiger partial charge >= 0.3 is 5.97 Å². The number of hydrogen-bond acceptors (Lipinski definition) is 8. The lowest BCUT2D eigenvalue weighted by molar-refractivity contribution is -0.149. The molecule has 5 N–H and O–H groups in total. The molecule has 1 amide bonds. The molecule has 1 fully saturated rings. The zero-order valence-electron chi connectivity index (χ0n) is 18.6. The number of unbranched alkanes of at least 4 members (excludes halogenated alkanes) is 2. The van der Waals surface area contributed by atoms with Gasteiger partial charge < -0.3 is 20.6 Å². The first kappa shape index (κ1) is 25.6. The maximum Gasteiger partial charge on any atom is 0.345 e. The molecule has 34 heavy (non-hydrogen) atoms. The Bertz CT molecular complexity index is 1050. The van der Waals surface area contributed by atoms with Crippen LogP contribution in [0.15, 0.2) is 59.6 Å². The predicted octanol–water partition coefficient (Wildman–Crippen LogP) is 1.22. The van der Waals surface area contributed by atoms with Crippen LogP contribution >= 0.6 is 0 Å². The van der Waals surface area contributed by atoms with Crippen LogP contribution in [0.25, 0.3) is 0 Å². The molecule has 0 bridgehead atoms. The van der Waals surface area contributed by atoms with E-state index in [1.165, 1.54) is 24.3 Å². The van der Waals surface area contributed by atoms with Gasteiger partial charge in [-0.3, -0.25) is 4.79 Å². The number of carboxylic acid groups (broad SMARTS) is 1. The molecule has 184 valence electrons. The molecule has 1 saturated heterocycles. The summed E-state index contributed by atoms with van der Waals surface area (Å²) in [6, 6.07) is 12.2. The molecule has 12 heteroatoms. The number of anilines is 1. The minimum atomic E-state index is -4.23. The zero-order valence-corrected chi connectivity index (χ0v) is 19.4. The van der Waals surface area contributed by atoms with Crippen molar-refractivity contribution in [1.29, 1.82) is 0 Å². The quantitative estimate of drug-likeness (QED) is 0.205. The Morgan fingerprint density at radius 2 is 1.88 bits per heavy atom. The van der Waals surface area contributed by atoms with Gasteiger partial charge in [-0.25, -0.2) is 18.2 Å². The van der Waals surface area contributed by atoms with Crippen molar-refractivity contribution in [3.8, 4) is 0 Å². The summed E-state index contributed by atoms with van der Waals surface area (Å²) in [5, 5.41) is 15.6. The second-order valence-electron chi connectivity index (χ2n) is 7.88. The lowest BCUT2D eigenvalue weighted by Gasteiger charge is -2.32. The van der Waals surface area contributed by atoms with Crippen molar-refractivity contribution in [2.45, 2.75) is 48.7 Å². The standard InChI is InChI=1S/C22H29N5O6S/c28-20(18-12-16-33-26-18)25-22(21(29)30,27-34(31,32)17-9-3-1-4-10-17)13-6-2-7-14-23-19-11-5-8-15-24-19/h1,3-5,8-11,15,18,26-27H,2,6-7,12-14,16H2,(H,23,24)(H,25,28)(H,29,30). The number of carboxylic acids is 1. The largest absolute Gasteiger partial charge is 0.478 e. The highest BCUT2D eigenvalue weighted by molar-refractivity contribution is 7.89. The molecule has 2 aromatic rings. The summed E-state index contributed by atoms with van der Waals surface area (Å²) in [6.07, 6.45) is 3.52. The lowest BCUT2D eigenvalue weighted by atomic mass is 10.0. The van der Waals surface area contributed by atoms with Crippen molar-refractivity contribution >= 4 is 27.7 Å². The molecule has 3 rings (SSSR count). The second kappa shape index (κ2) is 11.9. The number of pyridine rings is 1. The van der Waals surface area contributed by atoms with E-state index in [-0.39, 0.29) is 17.9 Å². The van der Waals surface area contributed by atoms with E-state index in [0.29, 0.717) is 32.2 Å². The molecule has 0 aliphatic carbocycles. The Hall–Kier alpha value is -3.06. The second-order valence-corrected chi connectivity index (χ2v) is 9.56. The van der Waals surface area contributed by atoms with Gasteiger partial charge in [0, 0.05) is 12.7 Å². The highest BCUT2D eigenvalue weighted by atomic mass is 32.2. The van der Waals surface area contributed by atoms with Crippen LogP contribution in [-0.2, 0) is 24.4 Å². The van der Waals surface area contributed by atoms with Crippen LogP contribution in [0.2, 0.25) is 0 Å². The number of hydroxylamine groups is 1. The molecule has 0 spiro atoms. The molecule has 2 unspecified atom stereocenters. The number of aliphatic carboxylic acids is 1. The summed E-state index contributed by atoms with van der Waals surface area (Å²) in [6.45, 7) is 0.902. The van der Waals surface area contributed by atoms with Crippen molar-refractivity contribution in [1.82, 2.24) is 20.5 Å². The number of benzene rings is 1. The van der Waals surface area contributed by atoms with E-state index in [9.17, 15) is 23.1 Å². The monoisotopic (exact) mass is 491 g/mol. The number of nitrogens with zero attached hydrogens (tertiary/aromatic N) is 1. The third-order valence-corrected chi connectivity index (χ3v) is 6.82. The van der Waals surface area contributed by atoms with Gasteiger partial charge in [0.25, 0.3) is 0 Å². The number of carbonyl (C=O) groups is 2. The Balaban J connectivity index is 1.68. The lowest BCUT2D eigenvalue weighted by Crippen LogP contribution is -2.67. The highest BCUT2D eigenvalue weighted by Gasteiger charge is 2.45. The fourth-order valence-corrected chi connectivity index (χ4v) is 4.82. The SMILES string of the molecule is O=C(NC(CCCCCNc1ccccn1)(NS(=O)(=O)c1ccccc1)C(=O)O)C1CCON1. The van der Waals surface area contributed by atoms with Crippen LogP contribution in [-0.4, -0.2) is 55.2 Å². The maximum absolute atomic E-state index is 13.0. The summed E-state index contributed by atoms with van der Waals surface area (Å²) in [5.41, 5.74) is 0.298. The number of nitrogens with one attached hydrogen (secondary N) is 4. The topological polar surface area (TPSA) is 159 Å². The molecule has 1 aromatic heterocycles. The van der Waals surface area contributed by atoms with E-state index >= 15 is 0 Å².